The van der Waals surface area contributed by atoms with Crippen LogP contribution in [0.3, 0.4) is 0 Å². The van der Waals surface area contributed by atoms with Crippen molar-refractivity contribution in [3.63, 3.8) is 0 Å². The van der Waals surface area contributed by atoms with Crippen LogP contribution in [-0.2, 0) is 6.61 Å². The third-order valence-electron chi connectivity index (χ3n) is 4.54. The molecule has 0 spiro atoms. The van der Waals surface area contributed by atoms with Crippen LogP contribution >= 0.6 is 15.9 Å². The van der Waals surface area contributed by atoms with Gasteiger partial charge in [0.05, 0.1) is 17.7 Å². The number of hydrogen-bond acceptors (Lipinski definition) is 2. The number of fused-ring (bicyclic) bond motifs is 1. The Kier molecular flexibility index (Phi) is 3.77. The molecule has 2 aromatic carbocycles. The van der Waals surface area contributed by atoms with Gasteiger partial charge in [0.25, 0.3) is 5.56 Å². The highest BCUT2D eigenvalue weighted by atomic mass is 79.9. The molecule has 5 heteroatoms. The number of hydrogen-bond donors (Lipinski definition) is 1. The van der Waals surface area contributed by atoms with Gasteiger partial charge < -0.3 is 5.11 Å². The molecule has 1 N–H and O–H groups in total. The van der Waals surface area contributed by atoms with Crippen LogP contribution in [-0.4, -0.2) is 9.67 Å². The molecule has 4 rings (SSSR count). The van der Waals surface area contributed by atoms with Gasteiger partial charge in [-0.05, 0) is 54.0 Å². The van der Waals surface area contributed by atoms with Crippen LogP contribution in [0.15, 0.2) is 51.9 Å². The fourth-order valence-corrected chi connectivity index (χ4v) is 3.60. The molecular weight excluding hydrogens is 373 g/mol. The predicted octanol–water partition coefficient (Wildman–Crippen LogP) is 4.26. The highest BCUT2D eigenvalue weighted by Gasteiger charge is 2.25. The SMILES string of the molecule is O=c1c2c(F)cc(C3CC3)cc2ccn1-c1cccc(Br)c1CO. The molecule has 0 amide bonds. The van der Waals surface area contributed by atoms with Gasteiger partial charge in [-0.1, -0.05) is 28.1 Å². The van der Waals surface area contributed by atoms with Gasteiger partial charge in [0.2, 0.25) is 0 Å². The first-order chi connectivity index (χ1) is 11.6. The summed E-state index contributed by atoms with van der Waals surface area (Å²) in [6.45, 7) is -0.218. The molecule has 1 heterocycles. The minimum atomic E-state index is -0.478. The van der Waals surface area contributed by atoms with E-state index in [2.05, 4.69) is 15.9 Å². The molecule has 3 nitrogen and oxygen atoms in total. The lowest BCUT2D eigenvalue weighted by Gasteiger charge is -2.13. The van der Waals surface area contributed by atoms with Crippen molar-refractivity contribution in [2.24, 2.45) is 0 Å². The van der Waals surface area contributed by atoms with Crippen molar-refractivity contribution >= 4 is 26.7 Å². The highest BCUT2D eigenvalue weighted by Crippen LogP contribution is 2.41. The summed E-state index contributed by atoms with van der Waals surface area (Å²) in [5, 5.41) is 10.3. The fourth-order valence-electron chi connectivity index (χ4n) is 3.12. The molecule has 0 radical (unpaired) electrons. The van der Waals surface area contributed by atoms with Gasteiger partial charge in [-0.2, -0.15) is 0 Å². The van der Waals surface area contributed by atoms with Crippen molar-refractivity contribution in [2.75, 3.05) is 0 Å². The maximum absolute atomic E-state index is 14.6. The van der Waals surface area contributed by atoms with E-state index in [9.17, 15) is 14.3 Å². The van der Waals surface area contributed by atoms with Crippen molar-refractivity contribution in [1.29, 1.82) is 0 Å². The molecule has 0 atom stereocenters. The van der Waals surface area contributed by atoms with Crippen LogP contribution in [0.1, 0.15) is 29.9 Å². The van der Waals surface area contributed by atoms with Gasteiger partial charge in [-0.3, -0.25) is 9.36 Å². The zero-order valence-corrected chi connectivity index (χ0v) is 14.4. The molecule has 122 valence electrons. The van der Waals surface area contributed by atoms with Gasteiger partial charge >= 0.3 is 0 Å². The first-order valence-corrected chi connectivity index (χ1v) is 8.63. The second-order valence-corrected chi connectivity index (χ2v) is 6.98. The van der Waals surface area contributed by atoms with Gasteiger partial charge in [-0.15, -0.1) is 0 Å². The molecule has 1 aliphatic rings. The van der Waals surface area contributed by atoms with E-state index in [0.29, 0.717) is 27.0 Å². The van der Waals surface area contributed by atoms with Gasteiger partial charge in [0.1, 0.15) is 5.82 Å². The summed E-state index contributed by atoms with van der Waals surface area (Å²) in [5.41, 5.74) is 1.69. The predicted molar refractivity (Wildman–Crippen MR) is 95.1 cm³/mol. The summed E-state index contributed by atoms with van der Waals surface area (Å²) in [4.78, 5) is 12.9. The Morgan fingerprint density at radius 3 is 2.75 bits per heavy atom. The molecule has 0 unspecified atom stereocenters. The Balaban J connectivity index is 1.97. The molecule has 1 fully saturated rings. The van der Waals surface area contributed by atoms with E-state index < -0.39 is 11.4 Å². The largest absolute Gasteiger partial charge is 0.392 e. The Morgan fingerprint density at radius 1 is 1.25 bits per heavy atom. The van der Waals surface area contributed by atoms with E-state index in [1.165, 1.54) is 10.6 Å². The lowest BCUT2D eigenvalue weighted by atomic mass is 10.0. The quantitative estimate of drug-likeness (QED) is 0.729. The van der Waals surface area contributed by atoms with Gasteiger partial charge in [0, 0.05) is 16.2 Å². The zero-order valence-electron chi connectivity index (χ0n) is 12.8. The van der Waals surface area contributed by atoms with Crippen LogP contribution in [0.2, 0.25) is 0 Å². The lowest BCUT2D eigenvalue weighted by molar-refractivity contribution is 0.280. The Hall–Kier alpha value is -1.98. The number of aliphatic hydroxyl groups excluding tert-OH is 1. The van der Waals surface area contributed by atoms with Crippen molar-refractivity contribution in [3.05, 3.63) is 74.4 Å². The second-order valence-electron chi connectivity index (χ2n) is 6.13. The number of nitrogens with zero attached hydrogens (tertiary/aromatic N) is 1. The summed E-state index contributed by atoms with van der Waals surface area (Å²) in [6.07, 6.45) is 3.81. The first-order valence-electron chi connectivity index (χ1n) is 7.83. The average molecular weight is 388 g/mol. The van der Waals surface area contributed by atoms with Crippen LogP contribution in [0, 0.1) is 5.82 Å². The van der Waals surface area contributed by atoms with Crippen LogP contribution in [0.25, 0.3) is 16.5 Å². The molecule has 1 aliphatic carbocycles. The van der Waals surface area contributed by atoms with Crippen LogP contribution < -0.4 is 5.56 Å². The van der Waals surface area contributed by atoms with Crippen molar-refractivity contribution in [3.8, 4) is 5.69 Å². The van der Waals surface area contributed by atoms with E-state index in [0.717, 1.165) is 18.4 Å². The third-order valence-corrected chi connectivity index (χ3v) is 5.28. The lowest BCUT2D eigenvalue weighted by Crippen LogP contribution is -2.20. The minimum Gasteiger partial charge on any atom is -0.392 e. The molecule has 3 aromatic rings. The van der Waals surface area contributed by atoms with Gasteiger partial charge in [0.15, 0.2) is 0 Å². The normalized spacial score (nSPS) is 14.3. The summed E-state index contributed by atoms with van der Waals surface area (Å²) in [6, 6.07) is 10.5. The Bertz CT molecular complexity index is 1010. The molecule has 1 saturated carbocycles. The first kappa shape index (κ1) is 15.5. The molecule has 0 saturated heterocycles. The fraction of sp³-hybridized carbons (Fsp3) is 0.211. The van der Waals surface area contributed by atoms with E-state index in [1.807, 2.05) is 6.07 Å². The minimum absolute atomic E-state index is 0.0887. The van der Waals surface area contributed by atoms with E-state index in [-0.39, 0.29) is 12.0 Å². The Labute approximate surface area is 146 Å². The number of benzene rings is 2. The zero-order chi connectivity index (χ0) is 16.8. The average Bonchev–Trinajstić information content (AvgIpc) is 3.39. The summed E-state index contributed by atoms with van der Waals surface area (Å²) in [7, 11) is 0. The van der Waals surface area contributed by atoms with Crippen molar-refractivity contribution in [2.45, 2.75) is 25.4 Å². The van der Waals surface area contributed by atoms with E-state index in [4.69, 9.17) is 0 Å². The summed E-state index contributed by atoms with van der Waals surface area (Å²) < 4.78 is 16.7. The number of aromatic nitrogens is 1. The smallest absolute Gasteiger partial charge is 0.265 e. The second kappa shape index (κ2) is 5.83. The number of halogens is 2. The molecular formula is C19H15BrFNO2. The number of aliphatic hydroxyl groups is 1. The molecule has 0 aliphatic heterocycles. The maximum Gasteiger partial charge on any atom is 0.265 e. The number of pyridine rings is 1. The van der Waals surface area contributed by atoms with Crippen LogP contribution in [0.5, 0.6) is 0 Å². The molecule has 0 bridgehead atoms. The topological polar surface area (TPSA) is 42.2 Å². The molecule has 24 heavy (non-hydrogen) atoms. The monoisotopic (exact) mass is 387 g/mol. The number of rotatable bonds is 3. The van der Waals surface area contributed by atoms with Crippen molar-refractivity contribution in [1.82, 2.24) is 4.57 Å². The highest BCUT2D eigenvalue weighted by molar-refractivity contribution is 9.10. The summed E-state index contributed by atoms with van der Waals surface area (Å²) >= 11 is 3.38. The van der Waals surface area contributed by atoms with Gasteiger partial charge in [-0.25, -0.2) is 4.39 Å². The Morgan fingerprint density at radius 2 is 2.04 bits per heavy atom. The summed E-state index contributed by atoms with van der Waals surface area (Å²) in [5.74, 6) is -0.0494. The molecule has 1 aromatic heterocycles. The van der Waals surface area contributed by atoms with Crippen LogP contribution in [0.4, 0.5) is 4.39 Å². The maximum atomic E-state index is 14.6. The van der Waals surface area contributed by atoms with Crippen molar-refractivity contribution < 1.29 is 9.50 Å². The third kappa shape index (κ3) is 2.48. The van der Waals surface area contributed by atoms with E-state index in [1.54, 1.807) is 30.5 Å². The van der Waals surface area contributed by atoms with E-state index >= 15 is 0 Å². The standard InChI is InChI=1S/C19H15BrFNO2/c20-15-2-1-3-17(14(15)10-23)22-7-6-12-8-13(11-4-5-11)9-16(21)18(12)19(22)24/h1-3,6-9,11,23H,4-5,10H2.